The van der Waals surface area contributed by atoms with E-state index in [-0.39, 0.29) is 11.4 Å². The number of nitrogens with two attached hydrogens (primary N) is 1. The Kier molecular flexibility index (Phi) is 6.55. The first-order chi connectivity index (χ1) is 11.4. The van der Waals surface area contributed by atoms with Crippen LogP contribution in [0.3, 0.4) is 0 Å². The topological polar surface area (TPSA) is 168 Å². The van der Waals surface area contributed by atoms with Gasteiger partial charge in [0.2, 0.25) is 5.82 Å². The fourth-order valence-corrected chi connectivity index (χ4v) is 1.97. The van der Waals surface area contributed by atoms with E-state index in [4.69, 9.17) is 24.5 Å². The summed E-state index contributed by atoms with van der Waals surface area (Å²) in [6.07, 6.45) is 1.68. The minimum Gasteiger partial charge on any atom is -0.539 e. The zero-order valence-corrected chi connectivity index (χ0v) is 13.0. The highest BCUT2D eigenvalue weighted by Crippen LogP contribution is 2.26. The highest BCUT2D eigenvalue weighted by Gasteiger charge is 2.33. The molecule has 1 aliphatic rings. The van der Waals surface area contributed by atoms with Gasteiger partial charge in [0, 0.05) is 6.20 Å². The third-order valence-corrected chi connectivity index (χ3v) is 3.05. The number of anilines is 2. The molecule has 0 aliphatic carbocycles. The Bertz CT molecular complexity index is 765. The molecule has 0 unspecified atom stereocenters. The summed E-state index contributed by atoms with van der Waals surface area (Å²) in [7, 11) is 1.62. The van der Waals surface area contributed by atoms with Crippen molar-refractivity contribution in [2.24, 2.45) is 0 Å². The SMILES string of the molecule is COc1ccc(N2[NH2+]C(=O)c3cccnc32)cc1.O.O=C([O-])C(=O)O. The van der Waals surface area contributed by atoms with Crippen LogP contribution in [0.1, 0.15) is 10.4 Å². The fourth-order valence-electron chi connectivity index (χ4n) is 1.97. The second-order valence-corrected chi connectivity index (χ2v) is 4.53. The Labute approximate surface area is 141 Å². The molecular formula is C15H15N3O7. The molecule has 2 aromatic rings. The molecule has 0 spiro atoms. The van der Waals surface area contributed by atoms with Gasteiger partial charge in [-0.15, -0.1) is 0 Å². The summed E-state index contributed by atoms with van der Waals surface area (Å²) < 4.78 is 5.11. The number of methoxy groups -OCH3 is 1. The molecule has 0 atom stereocenters. The number of carbonyl (C=O) groups excluding carboxylic acids is 2. The van der Waals surface area contributed by atoms with Gasteiger partial charge in [-0.1, -0.05) is 0 Å². The lowest BCUT2D eigenvalue weighted by Crippen LogP contribution is -2.93. The lowest BCUT2D eigenvalue weighted by molar-refractivity contribution is -0.552. The number of quaternary nitrogens is 1. The molecular weight excluding hydrogens is 334 g/mol. The highest BCUT2D eigenvalue weighted by atomic mass is 16.5. The van der Waals surface area contributed by atoms with Crippen molar-refractivity contribution in [3.8, 4) is 5.75 Å². The van der Waals surface area contributed by atoms with Crippen LogP contribution in [0.15, 0.2) is 42.6 Å². The summed E-state index contributed by atoms with van der Waals surface area (Å²) >= 11 is 0. The van der Waals surface area contributed by atoms with Gasteiger partial charge in [0.25, 0.3) is 0 Å². The van der Waals surface area contributed by atoms with Gasteiger partial charge in [0.1, 0.15) is 11.3 Å². The van der Waals surface area contributed by atoms with Gasteiger partial charge in [0.15, 0.2) is 5.97 Å². The maximum atomic E-state index is 11.8. The average Bonchev–Trinajstić information content (AvgIpc) is 2.93. The predicted octanol–water partition coefficient (Wildman–Crippen LogP) is -2.14. The number of ether oxygens (including phenoxy) is 1. The second kappa shape index (κ2) is 8.38. The Morgan fingerprint density at radius 3 is 2.36 bits per heavy atom. The van der Waals surface area contributed by atoms with Gasteiger partial charge in [-0.05, 0) is 36.4 Å². The number of benzene rings is 1. The summed E-state index contributed by atoms with van der Waals surface area (Å²) in [4.78, 5) is 34.1. The van der Waals surface area contributed by atoms with Crippen LogP contribution in [0.25, 0.3) is 0 Å². The van der Waals surface area contributed by atoms with Crippen LogP contribution in [-0.2, 0) is 9.59 Å². The van der Waals surface area contributed by atoms with Gasteiger partial charge < -0.3 is 25.2 Å². The van der Waals surface area contributed by atoms with Crippen LogP contribution >= 0.6 is 0 Å². The molecule has 1 aromatic carbocycles. The minimum atomic E-state index is -2.07. The number of hydrogen-bond acceptors (Lipinski definition) is 7. The molecule has 0 fully saturated rings. The predicted molar refractivity (Wildman–Crippen MR) is 81.9 cm³/mol. The number of nitrogens with zero attached hydrogens (tertiary/aromatic N) is 2. The maximum absolute atomic E-state index is 11.8. The Balaban J connectivity index is 0.000000390. The molecule has 0 saturated heterocycles. The molecule has 1 aliphatic heterocycles. The zero-order chi connectivity index (χ0) is 17.7. The van der Waals surface area contributed by atoms with Crippen molar-refractivity contribution in [2.75, 3.05) is 12.1 Å². The summed E-state index contributed by atoms with van der Waals surface area (Å²) in [5, 5.41) is 18.1. The van der Waals surface area contributed by atoms with E-state index in [1.165, 1.54) is 0 Å². The molecule has 1 amide bonds. The van der Waals surface area contributed by atoms with Gasteiger partial charge in [-0.3, -0.25) is 0 Å². The number of aromatic nitrogens is 1. The van der Waals surface area contributed by atoms with E-state index < -0.39 is 11.9 Å². The summed E-state index contributed by atoms with van der Waals surface area (Å²) in [5.74, 6) is -2.57. The molecule has 132 valence electrons. The minimum absolute atomic E-state index is 0. The number of aliphatic carboxylic acids is 2. The monoisotopic (exact) mass is 349 g/mol. The number of primary amides is 1. The van der Waals surface area contributed by atoms with Crippen LogP contribution in [-0.4, -0.2) is 40.5 Å². The van der Waals surface area contributed by atoms with E-state index in [0.29, 0.717) is 11.4 Å². The molecule has 10 nitrogen and oxygen atoms in total. The van der Waals surface area contributed by atoms with Crippen molar-refractivity contribution in [2.45, 2.75) is 0 Å². The Morgan fingerprint density at radius 1 is 1.24 bits per heavy atom. The van der Waals surface area contributed by atoms with Crippen LogP contribution in [0.4, 0.5) is 11.5 Å². The van der Waals surface area contributed by atoms with Gasteiger partial charge >= 0.3 is 11.9 Å². The smallest absolute Gasteiger partial charge is 0.371 e. The van der Waals surface area contributed by atoms with Crippen molar-refractivity contribution >= 4 is 29.4 Å². The zero-order valence-electron chi connectivity index (χ0n) is 13.0. The van der Waals surface area contributed by atoms with Crippen molar-refractivity contribution < 1.29 is 40.2 Å². The van der Waals surface area contributed by atoms with Crippen LogP contribution in [0, 0.1) is 0 Å². The van der Waals surface area contributed by atoms with E-state index in [1.54, 1.807) is 35.9 Å². The number of carbonyl (C=O) groups is 3. The first-order valence-electron chi connectivity index (χ1n) is 6.66. The second-order valence-electron chi connectivity index (χ2n) is 4.53. The standard InChI is InChI=1S/C13H11N3O2.C2H2O4.H2O/c1-18-10-6-4-9(5-7-10)16-12-11(13(17)15-16)3-2-8-14-12;3-1(4)2(5)6;/h2-8H,1H3,(H,15,17);(H,3,4)(H,5,6);1H2. The number of carboxylic acids is 2. The molecule has 0 saturated carbocycles. The van der Waals surface area contributed by atoms with Crippen LogP contribution in [0.2, 0.25) is 0 Å². The van der Waals surface area contributed by atoms with Crippen molar-refractivity contribution in [1.82, 2.24) is 4.98 Å². The Hall–Kier alpha value is -3.50. The van der Waals surface area contributed by atoms with E-state index >= 15 is 0 Å². The molecule has 25 heavy (non-hydrogen) atoms. The normalized spacial score (nSPS) is 11.6. The van der Waals surface area contributed by atoms with E-state index in [9.17, 15) is 4.79 Å². The summed E-state index contributed by atoms with van der Waals surface area (Å²) in [6.45, 7) is 0. The third kappa shape index (κ3) is 4.50. The van der Waals surface area contributed by atoms with E-state index in [1.807, 2.05) is 24.3 Å². The van der Waals surface area contributed by atoms with E-state index in [2.05, 4.69) is 4.98 Å². The molecule has 2 heterocycles. The lowest BCUT2D eigenvalue weighted by atomic mass is 10.2. The summed E-state index contributed by atoms with van der Waals surface area (Å²) in [6, 6.07) is 11.1. The van der Waals surface area contributed by atoms with Crippen molar-refractivity contribution in [3.63, 3.8) is 0 Å². The number of hydrogen-bond donors (Lipinski definition) is 2. The van der Waals surface area contributed by atoms with Gasteiger partial charge in [0.05, 0.1) is 12.8 Å². The number of fused-ring (bicyclic) bond motifs is 1. The molecule has 10 heteroatoms. The van der Waals surface area contributed by atoms with Crippen molar-refractivity contribution in [1.29, 1.82) is 0 Å². The highest BCUT2D eigenvalue weighted by molar-refractivity contribution is 6.26. The van der Waals surface area contributed by atoms with Gasteiger partial charge in [-0.25, -0.2) is 14.6 Å². The number of amides is 1. The largest absolute Gasteiger partial charge is 0.539 e. The number of carboxylic acid groups (broad SMARTS) is 2. The fraction of sp³-hybridized carbons (Fsp3) is 0.0667. The van der Waals surface area contributed by atoms with Crippen LogP contribution in [0.5, 0.6) is 5.75 Å². The number of rotatable bonds is 2. The first-order valence-corrected chi connectivity index (χ1v) is 6.66. The maximum Gasteiger partial charge on any atom is 0.371 e. The Morgan fingerprint density at radius 2 is 1.84 bits per heavy atom. The number of pyridine rings is 1. The lowest BCUT2D eigenvalue weighted by Gasteiger charge is -2.13. The van der Waals surface area contributed by atoms with Crippen LogP contribution < -0.4 is 20.3 Å². The molecule has 1 aromatic heterocycles. The summed E-state index contributed by atoms with van der Waals surface area (Å²) in [5.41, 5.74) is 3.08. The molecule has 5 N–H and O–H groups in total. The average molecular weight is 349 g/mol. The van der Waals surface area contributed by atoms with Crippen molar-refractivity contribution in [3.05, 3.63) is 48.2 Å². The molecule has 3 rings (SSSR count). The first kappa shape index (κ1) is 19.5. The van der Waals surface area contributed by atoms with E-state index in [0.717, 1.165) is 11.4 Å². The third-order valence-electron chi connectivity index (χ3n) is 3.05. The quantitative estimate of drug-likeness (QED) is 0.457. The molecule has 0 bridgehead atoms. The van der Waals surface area contributed by atoms with Gasteiger partial charge in [-0.2, -0.15) is 10.4 Å². The molecule has 0 radical (unpaired) electrons.